The maximum absolute atomic E-state index is 13.1. The monoisotopic (exact) mass is 497 g/mol. The summed E-state index contributed by atoms with van der Waals surface area (Å²) in [5, 5.41) is 14.3. The lowest BCUT2D eigenvalue weighted by Gasteiger charge is -2.26. The SMILES string of the molecule is C[C@H](NC(=O)C(CSC(=O)c1ccccc1)NC(=O)c1ccccc1)C(=O)N1CCC[C@H]1C(=O)O. The molecule has 0 aromatic heterocycles. The van der Waals surface area contributed by atoms with E-state index in [-0.39, 0.29) is 10.9 Å². The van der Waals surface area contributed by atoms with Crippen LogP contribution < -0.4 is 10.6 Å². The molecule has 1 fully saturated rings. The standard InChI is InChI=1S/C25H27N3O6S/c1-16(23(31)28-14-8-13-20(28)24(32)33)26-22(30)19(27-21(29)17-9-4-2-5-10-17)15-35-25(34)18-11-6-3-7-12-18/h2-7,9-12,16,19-20H,8,13-15H2,1H3,(H,26,30)(H,27,29)(H,32,33)/t16-,19?,20-/m0/s1. The van der Waals surface area contributed by atoms with Gasteiger partial charge in [0, 0.05) is 23.4 Å². The number of carbonyl (C=O) groups excluding carboxylic acids is 4. The van der Waals surface area contributed by atoms with Crippen LogP contribution in [0.25, 0.3) is 0 Å². The van der Waals surface area contributed by atoms with Crippen molar-refractivity contribution >= 4 is 40.6 Å². The number of hydrogen-bond donors (Lipinski definition) is 3. The molecule has 9 nitrogen and oxygen atoms in total. The summed E-state index contributed by atoms with van der Waals surface area (Å²) in [7, 11) is 0. The maximum Gasteiger partial charge on any atom is 0.326 e. The molecule has 1 aliphatic rings. The highest BCUT2D eigenvalue weighted by Crippen LogP contribution is 2.19. The first-order chi connectivity index (χ1) is 16.8. The fraction of sp³-hybridized carbons (Fsp3) is 0.320. The van der Waals surface area contributed by atoms with Crippen LogP contribution in [0.5, 0.6) is 0 Å². The van der Waals surface area contributed by atoms with Gasteiger partial charge in [0.05, 0.1) is 0 Å². The van der Waals surface area contributed by atoms with Gasteiger partial charge in [-0.1, -0.05) is 60.3 Å². The van der Waals surface area contributed by atoms with Crippen LogP contribution in [-0.2, 0) is 14.4 Å². The summed E-state index contributed by atoms with van der Waals surface area (Å²) in [6.45, 7) is 1.77. The molecule has 184 valence electrons. The summed E-state index contributed by atoms with van der Waals surface area (Å²) in [6.07, 6.45) is 0.924. The van der Waals surface area contributed by atoms with Crippen LogP contribution in [0.15, 0.2) is 60.7 Å². The molecule has 3 atom stereocenters. The van der Waals surface area contributed by atoms with Crippen LogP contribution in [0.3, 0.4) is 0 Å². The Morgan fingerprint density at radius 3 is 2.17 bits per heavy atom. The van der Waals surface area contributed by atoms with Crippen molar-refractivity contribution in [1.29, 1.82) is 0 Å². The van der Waals surface area contributed by atoms with Crippen molar-refractivity contribution in [1.82, 2.24) is 15.5 Å². The summed E-state index contributed by atoms with van der Waals surface area (Å²) in [5.41, 5.74) is 0.804. The molecular weight excluding hydrogens is 470 g/mol. The predicted octanol–water partition coefficient (Wildman–Crippen LogP) is 1.94. The predicted molar refractivity (Wildman–Crippen MR) is 131 cm³/mol. The zero-order valence-corrected chi connectivity index (χ0v) is 20.0. The van der Waals surface area contributed by atoms with Crippen molar-refractivity contribution in [2.24, 2.45) is 0 Å². The molecule has 1 unspecified atom stereocenters. The summed E-state index contributed by atoms with van der Waals surface area (Å²) in [6, 6.07) is 13.8. The van der Waals surface area contributed by atoms with Crippen LogP contribution >= 0.6 is 11.8 Å². The molecular formula is C25H27N3O6S. The fourth-order valence-corrected chi connectivity index (χ4v) is 4.60. The zero-order valence-electron chi connectivity index (χ0n) is 19.2. The van der Waals surface area contributed by atoms with Crippen LogP contribution in [0.4, 0.5) is 0 Å². The fourth-order valence-electron chi connectivity index (χ4n) is 3.74. The Balaban J connectivity index is 1.69. The minimum Gasteiger partial charge on any atom is -0.480 e. The van der Waals surface area contributed by atoms with E-state index in [9.17, 15) is 29.1 Å². The average molecular weight is 498 g/mol. The van der Waals surface area contributed by atoms with Crippen molar-refractivity contribution in [2.45, 2.75) is 37.9 Å². The number of likely N-dealkylation sites (tertiary alicyclic amines) is 1. The Morgan fingerprint density at radius 1 is 0.971 bits per heavy atom. The van der Waals surface area contributed by atoms with Gasteiger partial charge < -0.3 is 20.6 Å². The Kier molecular flexibility index (Phi) is 9.02. The number of nitrogens with one attached hydrogen (secondary N) is 2. The highest BCUT2D eigenvalue weighted by Gasteiger charge is 2.37. The molecule has 3 N–H and O–H groups in total. The molecule has 0 bridgehead atoms. The molecule has 35 heavy (non-hydrogen) atoms. The molecule has 0 radical (unpaired) electrons. The van der Waals surface area contributed by atoms with Gasteiger partial charge in [-0.2, -0.15) is 0 Å². The third-order valence-corrected chi connectivity index (χ3v) is 6.60. The van der Waals surface area contributed by atoms with E-state index >= 15 is 0 Å². The second kappa shape index (κ2) is 12.2. The van der Waals surface area contributed by atoms with E-state index in [0.717, 1.165) is 11.8 Å². The lowest BCUT2D eigenvalue weighted by atomic mass is 10.2. The van der Waals surface area contributed by atoms with E-state index in [0.29, 0.717) is 30.5 Å². The summed E-state index contributed by atoms with van der Waals surface area (Å²) < 4.78 is 0. The summed E-state index contributed by atoms with van der Waals surface area (Å²) >= 11 is 0.881. The molecule has 1 heterocycles. The Labute approximate surface area is 207 Å². The van der Waals surface area contributed by atoms with Crippen molar-refractivity contribution in [3.05, 3.63) is 71.8 Å². The van der Waals surface area contributed by atoms with Crippen LogP contribution in [0.1, 0.15) is 40.5 Å². The first kappa shape index (κ1) is 26.0. The van der Waals surface area contributed by atoms with E-state index < -0.39 is 41.8 Å². The number of aliphatic carboxylic acids is 1. The van der Waals surface area contributed by atoms with Crippen molar-refractivity contribution < 1.29 is 29.1 Å². The molecule has 3 amide bonds. The lowest BCUT2D eigenvalue weighted by molar-refractivity contribution is -0.149. The van der Waals surface area contributed by atoms with E-state index in [1.807, 2.05) is 0 Å². The first-order valence-corrected chi connectivity index (χ1v) is 12.2. The van der Waals surface area contributed by atoms with Crippen molar-refractivity contribution in [3.8, 4) is 0 Å². The van der Waals surface area contributed by atoms with E-state index in [1.165, 1.54) is 11.8 Å². The second-order valence-corrected chi connectivity index (χ2v) is 9.11. The van der Waals surface area contributed by atoms with Crippen LogP contribution in [-0.4, -0.2) is 69.2 Å². The molecule has 2 aromatic rings. The molecule has 0 spiro atoms. The third kappa shape index (κ3) is 6.92. The van der Waals surface area contributed by atoms with Crippen molar-refractivity contribution in [3.63, 3.8) is 0 Å². The van der Waals surface area contributed by atoms with E-state index in [1.54, 1.807) is 60.7 Å². The number of thioether (sulfide) groups is 1. The summed E-state index contributed by atoms with van der Waals surface area (Å²) in [4.78, 5) is 63.8. The molecule has 0 aliphatic carbocycles. The smallest absolute Gasteiger partial charge is 0.326 e. The molecule has 10 heteroatoms. The lowest BCUT2D eigenvalue weighted by Crippen LogP contribution is -2.55. The van der Waals surface area contributed by atoms with Gasteiger partial charge >= 0.3 is 5.97 Å². The summed E-state index contributed by atoms with van der Waals surface area (Å²) in [5.74, 6) is -2.79. The number of carboxylic acid groups (broad SMARTS) is 1. The molecule has 1 aliphatic heterocycles. The van der Waals surface area contributed by atoms with Crippen LogP contribution in [0, 0.1) is 0 Å². The molecule has 2 aromatic carbocycles. The van der Waals surface area contributed by atoms with Gasteiger partial charge in [0.15, 0.2) is 0 Å². The Morgan fingerprint density at radius 2 is 1.57 bits per heavy atom. The number of carboxylic acids is 1. The van der Waals surface area contributed by atoms with Crippen LogP contribution in [0.2, 0.25) is 0 Å². The molecule has 0 saturated carbocycles. The Hall–Kier alpha value is -3.66. The third-order valence-electron chi connectivity index (χ3n) is 5.60. The topological polar surface area (TPSA) is 133 Å². The number of rotatable bonds is 9. The van der Waals surface area contributed by atoms with Gasteiger partial charge in [-0.25, -0.2) is 4.79 Å². The number of amides is 3. The average Bonchev–Trinajstić information content (AvgIpc) is 3.37. The van der Waals surface area contributed by atoms with Gasteiger partial charge in [-0.05, 0) is 31.9 Å². The first-order valence-electron chi connectivity index (χ1n) is 11.2. The Bertz CT molecular complexity index is 1080. The number of hydrogen-bond acceptors (Lipinski definition) is 6. The number of carbonyl (C=O) groups is 5. The number of nitrogens with zero attached hydrogens (tertiary/aromatic N) is 1. The maximum atomic E-state index is 13.1. The second-order valence-electron chi connectivity index (χ2n) is 8.11. The van der Waals surface area contributed by atoms with E-state index in [2.05, 4.69) is 10.6 Å². The number of benzene rings is 2. The highest BCUT2D eigenvalue weighted by molar-refractivity contribution is 8.14. The van der Waals surface area contributed by atoms with Gasteiger partial charge in [-0.15, -0.1) is 0 Å². The van der Waals surface area contributed by atoms with Gasteiger partial charge in [0.25, 0.3) is 5.91 Å². The van der Waals surface area contributed by atoms with Crippen molar-refractivity contribution in [2.75, 3.05) is 12.3 Å². The quantitative estimate of drug-likeness (QED) is 0.482. The zero-order chi connectivity index (χ0) is 25.4. The molecule has 3 rings (SSSR count). The van der Waals surface area contributed by atoms with Gasteiger partial charge in [0.1, 0.15) is 18.1 Å². The normalized spacial score (nSPS) is 16.7. The van der Waals surface area contributed by atoms with Gasteiger partial charge in [0.2, 0.25) is 16.9 Å². The van der Waals surface area contributed by atoms with Gasteiger partial charge in [-0.3, -0.25) is 19.2 Å². The minimum absolute atomic E-state index is 0.0550. The minimum atomic E-state index is -1.11. The van der Waals surface area contributed by atoms with E-state index in [4.69, 9.17) is 0 Å². The highest BCUT2D eigenvalue weighted by atomic mass is 32.2. The largest absolute Gasteiger partial charge is 0.480 e. The molecule has 1 saturated heterocycles.